The molecule has 0 atom stereocenters. The Labute approximate surface area is 123 Å². The van der Waals surface area contributed by atoms with Crippen LogP contribution in [0.2, 0.25) is 0 Å². The second-order valence-electron chi connectivity index (χ2n) is 4.86. The maximum Gasteiger partial charge on any atom is 0.245 e. The first-order chi connectivity index (χ1) is 9.57. The van der Waals surface area contributed by atoms with Crippen molar-refractivity contribution in [3.63, 3.8) is 0 Å². The van der Waals surface area contributed by atoms with Crippen molar-refractivity contribution < 1.29 is 8.42 Å². The zero-order valence-electron chi connectivity index (χ0n) is 12.7. The van der Waals surface area contributed by atoms with Crippen LogP contribution in [-0.4, -0.2) is 32.9 Å². The Morgan fingerprint density at radius 2 is 1.60 bits per heavy atom. The Morgan fingerprint density at radius 1 is 1.05 bits per heavy atom. The predicted molar refractivity (Wildman–Crippen MR) is 84.6 cm³/mol. The zero-order chi connectivity index (χ0) is 15.0. The highest BCUT2D eigenvalue weighted by Gasteiger charge is 2.25. The van der Waals surface area contributed by atoms with E-state index in [1.807, 2.05) is 6.07 Å². The van der Waals surface area contributed by atoms with Crippen molar-refractivity contribution in [3.05, 3.63) is 24.3 Å². The third-order valence-corrected chi connectivity index (χ3v) is 5.25. The Morgan fingerprint density at radius 3 is 2.10 bits per heavy atom. The average Bonchev–Trinajstić information content (AvgIpc) is 2.47. The Kier molecular flexibility index (Phi) is 7.02. The molecular weight excluding hydrogens is 272 g/mol. The number of nitrogens with one attached hydrogen (secondary N) is 1. The van der Waals surface area contributed by atoms with E-state index in [2.05, 4.69) is 19.2 Å². The minimum Gasteiger partial charge on any atom is -0.387 e. The Balaban J connectivity index is 3.07. The van der Waals surface area contributed by atoms with Crippen molar-refractivity contribution in [1.29, 1.82) is 0 Å². The van der Waals surface area contributed by atoms with Gasteiger partial charge in [0, 0.05) is 20.1 Å². The summed E-state index contributed by atoms with van der Waals surface area (Å²) < 4.78 is 27.2. The number of unbranched alkanes of at least 4 members (excludes halogenated alkanes) is 2. The number of para-hydroxylation sites is 1. The second kappa shape index (κ2) is 8.27. The van der Waals surface area contributed by atoms with Crippen LogP contribution in [0.5, 0.6) is 0 Å². The molecule has 0 radical (unpaired) electrons. The van der Waals surface area contributed by atoms with Crippen LogP contribution in [0, 0.1) is 0 Å². The summed E-state index contributed by atoms with van der Waals surface area (Å²) in [5.74, 6) is 0. The molecule has 0 aromatic heterocycles. The van der Waals surface area contributed by atoms with Gasteiger partial charge in [0.25, 0.3) is 0 Å². The number of hydrogen-bond donors (Lipinski definition) is 1. The molecule has 1 N–H and O–H groups in total. The minimum absolute atomic E-state index is 0.370. The highest BCUT2D eigenvalue weighted by atomic mass is 32.2. The molecule has 0 aliphatic heterocycles. The molecule has 4 nitrogen and oxygen atoms in total. The normalized spacial score (nSPS) is 11.8. The monoisotopic (exact) mass is 298 g/mol. The molecule has 1 rings (SSSR count). The topological polar surface area (TPSA) is 49.4 Å². The fourth-order valence-corrected chi connectivity index (χ4v) is 3.77. The number of rotatable bonds is 9. The van der Waals surface area contributed by atoms with Crippen LogP contribution in [0.25, 0.3) is 0 Å². The molecule has 0 bridgehead atoms. The van der Waals surface area contributed by atoms with E-state index in [0.717, 1.165) is 25.7 Å². The van der Waals surface area contributed by atoms with Gasteiger partial charge in [-0.25, -0.2) is 8.42 Å². The van der Waals surface area contributed by atoms with Gasteiger partial charge in [0.15, 0.2) is 0 Å². The quantitative estimate of drug-likeness (QED) is 0.761. The van der Waals surface area contributed by atoms with Gasteiger partial charge in [-0.2, -0.15) is 4.31 Å². The fraction of sp³-hybridized carbons (Fsp3) is 0.600. The van der Waals surface area contributed by atoms with Crippen LogP contribution in [0.1, 0.15) is 39.5 Å². The van der Waals surface area contributed by atoms with E-state index in [1.165, 1.54) is 0 Å². The van der Waals surface area contributed by atoms with E-state index < -0.39 is 10.0 Å². The first-order valence-electron chi connectivity index (χ1n) is 7.34. The highest BCUT2D eigenvalue weighted by molar-refractivity contribution is 7.89. The molecule has 20 heavy (non-hydrogen) atoms. The standard InChI is InChI=1S/C15H26N2O2S/c1-4-6-12-17(13-7-5-2)20(18,19)15-11-9-8-10-14(15)16-3/h8-11,16H,4-7,12-13H2,1-3H3. The third kappa shape index (κ3) is 4.21. The molecular formula is C15H26N2O2S. The SMILES string of the molecule is CCCCN(CCCC)S(=O)(=O)c1ccccc1NC. The molecule has 1 aromatic carbocycles. The molecule has 0 saturated carbocycles. The van der Waals surface area contributed by atoms with Gasteiger partial charge in [0.2, 0.25) is 10.0 Å². The van der Waals surface area contributed by atoms with Crippen LogP contribution in [-0.2, 0) is 10.0 Å². The van der Waals surface area contributed by atoms with Crippen LogP contribution < -0.4 is 5.32 Å². The van der Waals surface area contributed by atoms with Crippen LogP contribution in [0.4, 0.5) is 5.69 Å². The van der Waals surface area contributed by atoms with Gasteiger partial charge in [-0.05, 0) is 25.0 Å². The van der Waals surface area contributed by atoms with Gasteiger partial charge in [-0.3, -0.25) is 0 Å². The van der Waals surface area contributed by atoms with Crippen molar-refractivity contribution in [2.24, 2.45) is 0 Å². The molecule has 0 fully saturated rings. The molecule has 0 heterocycles. The van der Waals surface area contributed by atoms with E-state index in [1.54, 1.807) is 29.6 Å². The third-order valence-electron chi connectivity index (χ3n) is 3.30. The lowest BCUT2D eigenvalue weighted by atomic mass is 10.3. The summed E-state index contributed by atoms with van der Waals surface area (Å²) in [5.41, 5.74) is 0.658. The molecule has 0 amide bonds. The number of anilines is 1. The van der Waals surface area contributed by atoms with E-state index in [0.29, 0.717) is 23.7 Å². The molecule has 0 saturated heterocycles. The zero-order valence-corrected chi connectivity index (χ0v) is 13.5. The maximum absolute atomic E-state index is 12.8. The molecule has 114 valence electrons. The van der Waals surface area contributed by atoms with Crippen LogP contribution in [0.3, 0.4) is 0 Å². The van der Waals surface area contributed by atoms with Crippen molar-refractivity contribution in [2.45, 2.75) is 44.4 Å². The van der Waals surface area contributed by atoms with Crippen LogP contribution in [0.15, 0.2) is 29.2 Å². The second-order valence-corrected chi connectivity index (χ2v) is 6.76. The molecule has 0 aliphatic rings. The first-order valence-corrected chi connectivity index (χ1v) is 8.78. The molecule has 0 aliphatic carbocycles. The largest absolute Gasteiger partial charge is 0.387 e. The van der Waals surface area contributed by atoms with E-state index in [4.69, 9.17) is 0 Å². The lowest BCUT2D eigenvalue weighted by Crippen LogP contribution is -2.33. The summed E-state index contributed by atoms with van der Waals surface area (Å²) in [4.78, 5) is 0.370. The summed E-state index contributed by atoms with van der Waals surface area (Å²) >= 11 is 0. The number of nitrogens with zero attached hydrogens (tertiary/aromatic N) is 1. The molecule has 0 spiro atoms. The van der Waals surface area contributed by atoms with Gasteiger partial charge in [-0.15, -0.1) is 0 Å². The maximum atomic E-state index is 12.8. The Bertz CT molecular complexity index is 492. The summed E-state index contributed by atoms with van der Waals surface area (Å²) in [6.07, 6.45) is 3.77. The number of sulfonamides is 1. The van der Waals surface area contributed by atoms with Gasteiger partial charge < -0.3 is 5.32 Å². The lowest BCUT2D eigenvalue weighted by Gasteiger charge is -2.23. The molecule has 1 aromatic rings. The summed E-state index contributed by atoms with van der Waals surface area (Å²) in [5, 5.41) is 2.96. The van der Waals surface area contributed by atoms with Gasteiger partial charge in [-0.1, -0.05) is 38.8 Å². The summed E-state index contributed by atoms with van der Waals surface area (Å²) in [6.45, 7) is 5.34. The summed E-state index contributed by atoms with van der Waals surface area (Å²) in [6, 6.07) is 7.08. The van der Waals surface area contributed by atoms with Gasteiger partial charge in [0.1, 0.15) is 4.90 Å². The highest BCUT2D eigenvalue weighted by Crippen LogP contribution is 2.24. The predicted octanol–water partition coefficient (Wildman–Crippen LogP) is 3.32. The van der Waals surface area contributed by atoms with E-state index in [9.17, 15) is 8.42 Å². The van der Waals surface area contributed by atoms with Crippen LogP contribution >= 0.6 is 0 Å². The van der Waals surface area contributed by atoms with E-state index in [-0.39, 0.29) is 0 Å². The summed E-state index contributed by atoms with van der Waals surface area (Å²) in [7, 11) is -1.67. The van der Waals surface area contributed by atoms with Crippen molar-refractivity contribution in [3.8, 4) is 0 Å². The lowest BCUT2D eigenvalue weighted by molar-refractivity contribution is 0.395. The smallest absolute Gasteiger partial charge is 0.245 e. The number of benzene rings is 1. The van der Waals surface area contributed by atoms with E-state index >= 15 is 0 Å². The van der Waals surface area contributed by atoms with Crippen molar-refractivity contribution in [2.75, 3.05) is 25.5 Å². The fourth-order valence-electron chi connectivity index (χ4n) is 2.06. The number of hydrogen-bond acceptors (Lipinski definition) is 3. The van der Waals surface area contributed by atoms with Gasteiger partial charge in [0.05, 0.1) is 5.69 Å². The molecule has 5 heteroatoms. The van der Waals surface area contributed by atoms with Crippen molar-refractivity contribution in [1.82, 2.24) is 4.31 Å². The van der Waals surface area contributed by atoms with Gasteiger partial charge >= 0.3 is 0 Å². The minimum atomic E-state index is -3.42. The first kappa shape index (κ1) is 17.0. The average molecular weight is 298 g/mol. The Hall–Kier alpha value is -1.07. The molecule has 0 unspecified atom stereocenters. The van der Waals surface area contributed by atoms with Crippen molar-refractivity contribution >= 4 is 15.7 Å².